The summed E-state index contributed by atoms with van der Waals surface area (Å²) in [5.41, 5.74) is 7.31. The first-order valence-electron chi connectivity index (χ1n) is 5.33. The van der Waals surface area contributed by atoms with Crippen molar-refractivity contribution in [2.24, 2.45) is 0 Å². The van der Waals surface area contributed by atoms with Crippen molar-refractivity contribution in [3.05, 3.63) is 18.2 Å². The van der Waals surface area contributed by atoms with E-state index in [-0.39, 0.29) is 0 Å². The molecule has 92 valence electrons. The van der Waals surface area contributed by atoms with Crippen LogP contribution < -0.4 is 5.73 Å². The molecule has 1 heterocycles. The predicted octanol–water partition coefficient (Wildman–Crippen LogP) is 2.74. The molecule has 0 fully saturated rings. The van der Waals surface area contributed by atoms with Crippen LogP contribution in [-0.4, -0.2) is 26.5 Å². The first-order chi connectivity index (χ1) is 8.20. The molecule has 1 aromatic heterocycles. The highest BCUT2D eigenvalue weighted by atomic mass is 32.2. The van der Waals surface area contributed by atoms with Crippen LogP contribution in [0.25, 0.3) is 10.2 Å². The van der Waals surface area contributed by atoms with Crippen LogP contribution in [-0.2, 0) is 10.8 Å². The summed E-state index contributed by atoms with van der Waals surface area (Å²) < 4.78 is 13.7. The Morgan fingerprint density at radius 2 is 2.35 bits per heavy atom. The lowest BCUT2D eigenvalue weighted by molar-refractivity contribution is 0.683. The Morgan fingerprint density at radius 3 is 3.12 bits per heavy atom. The van der Waals surface area contributed by atoms with Crippen LogP contribution in [0.3, 0.4) is 0 Å². The van der Waals surface area contributed by atoms with Crippen molar-refractivity contribution in [2.75, 3.05) is 23.0 Å². The summed E-state index contributed by atoms with van der Waals surface area (Å²) in [5.74, 6) is 2.66. The second-order valence-corrected chi connectivity index (χ2v) is 7.62. The highest BCUT2D eigenvalue weighted by Gasteiger charge is 2.10. The van der Waals surface area contributed by atoms with Gasteiger partial charge in [-0.25, -0.2) is 4.98 Å². The standard InChI is InChI=1S/C11H14N2OS3/c1-2-15-5-6-17(14)11-13-9-4-3-8(12)7-10(9)16-11/h3-4,7H,2,5-6,12H2,1H3. The number of rotatable bonds is 5. The number of thiazole rings is 1. The van der Waals surface area contributed by atoms with Crippen molar-refractivity contribution in [1.29, 1.82) is 0 Å². The van der Waals surface area contributed by atoms with Crippen molar-refractivity contribution in [2.45, 2.75) is 11.3 Å². The smallest absolute Gasteiger partial charge is 0.181 e. The normalized spacial score (nSPS) is 13.0. The van der Waals surface area contributed by atoms with Crippen LogP contribution in [0.15, 0.2) is 22.5 Å². The summed E-state index contributed by atoms with van der Waals surface area (Å²) in [6, 6.07) is 5.58. The lowest BCUT2D eigenvalue weighted by Gasteiger charge is -1.96. The first-order valence-corrected chi connectivity index (χ1v) is 8.62. The molecule has 1 unspecified atom stereocenters. The molecule has 1 atom stereocenters. The van der Waals surface area contributed by atoms with Crippen molar-refractivity contribution in [3.8, 4) is 0 Å². The number of hydrogen-bond acceptors (Lipinski definition) is 5. The fourth-order valence-corrected chi connectivity index (χ4v) is 4.76. The number of fused-ring (bicyclic) bond motifs is 1. The Hall–Kier alpha value is -0.590. The highest BCUT2D eigenvalue weighted by molar-refractivity contribution is 8.00. The van der Waals surface area contributed by atoms with Gasteiger partial charge >= 0.3 is 0 Å². The van der Waals surface area contributed by atoms with Gasteiger partial charge in [-0.1, -0.05) is 6.92 Å². The van der Waals surface area contributed by atoms with Gasteiger partial charge in [0.25, 0.3) is 0 Å². The monoisotopic (exact) mass is 286 g/mol. The first kappa shape index (κ1) is 12.9. The number of anilines is 1. The molecule has 2 aromatic rings. The Bertz CT molecular complexity index is 538. The van der Waals surface area contributed by atoms with E-state index < -0.39 is 10.8 Å². The van der Waals surface area contributed by atoms with E-state index in [1.54, 1.807) is 11.8 Å². The molecular weight excluding hydrogens is 272 g/mol. The molecule has 6 heteroatoms. The number of aromatic nitrogens is 1. The van der Waals surface area contributed by atoms with E-state index in [1.807, 2.05) is 18.2 Å². The molecule has 2 N–H and O–H groups in total. The average Bonchev–Trinajstić information content (AvgIpc) is 2.72. The van der Waals surface area contributed by atoms with Crippen LogP contribution in [0.2, 0.25) is 0 Å². The molecule has 1 aromatic carbocycles. The van der Waals surface area contributed by atoms with Crippen LogP contribution in [0, 0.1) is 0 Å². The van der Waals surface area contributed by atoms with E-state index in [4.69, 9.17) is 5.73 Å². The molecule has 3 nitrogen and oxygen atoms in total. The number of nitrogens with zero attached hydrogens (tertiary/aromatic N) is 1. The minimum atomic E-state index is -0.978. The van der Waals surface area contributed by atoms with Gasteiger partial charge in [-0.2, -0.15) is 11.8 Å². The van der Waals surface area contributed by atoms with Crippen LogP contribution >= 0.6 is 23.1 Å². The topological polar surface area (TPSA) is 56.0 Å². The van der Waals surface area contributed by atoms with E-state index in [0.29, 0.717) is 10.1 Å². The number of hydrogen-bond donors (Lipinski definition) is 1. The Balaban J connectivity index is 2.15. The maximum atomic E-state index is 12.0. The van der Waals surface area contributed by atoms with Gasteiger partial charge in [-0.15, -0.1) is 11.3 Å². The number of benzene rings is 1. The molecular formula is C11H14N2OS3. The predicted molar refractivity (Wildman–Crippen MR) is 78.3 cm³/mol. The maximum Gasteiger partial charge on any atom is 0.181 e. The maximum absolute atomic E-state index is 12.0. The Morgan fingerprint density at radius 1 is 1.53 bits per heavy atom. The molecule has 0 radical (unpaired) electrons. The highest BCUT2D eigenvalue weighted by Crippen LogP contribution is 2.26. The van der Waals surface area contributed by atoms with E-state index in [9.17, 15) is 4.21 Å². The second-order valence-electron chi connectivity index (χ2n) is 3.45. The van der Waals surface area contributed by atoms with Gasteiger partial charge < -0.3 is 5.73 Å². The number of nitrogens with two attached hydrogens (primary N) is 1. The minimum absolute atomic E-state index is 0.674. The summed E-state index contributed by atoms with van der Waals surface area (Å²) >= 11 is 3.28. The van der Waals surface area contributed by atoms with Crippen molar-refractivity contribution < 1.29 is 4.21 Å². The van der Waals surface area contributed by atoms with Gasteiger partial charge in [-0.05, 0) is 24.0 Å². The molecule has 2 rings (SSSR count). The number of thioether (sulfide) groups is 1. The van der Waals surface area contributed by atoms with E-state index >= 15 is 0 Å². The fourth-order valence-electron chi connectivity index (χ4n) is 1.38. The van der Waals surface area contributed by atoms with E-state index in [1.165, 1.54) is 11.3 Å². The lowest BCUT2D eigenvalue weighted by Crippen LogP contribution is -2.00. The summed E-state index contributed by atoms with van der Waals surface area (Å²) in [4.78, 5) is 4.39. The average molecular weight is 286 g/mol. The Labute approximate surface area is 111 Å². The quantitative estimate of drug-likeness (QED) is 0.678. The third-order valence-electron chi connectivity index (χ3n) is 2.20. The minimum Gasteiger partial charge on any atom is -0.399 e. The lowest BCUT2D eigenvalue weighted by atomic mass is 10.3. The molecule has 0 amide bonds. The van der Waals surface area contributed by atoms with Gasteiger partial charge in [0.15, 0.2) is 4.34 Å². The van der Waals surface area contributed by atoms with Gasteiger partial charge in [0, 0.05) is 17.2 Å². The molecule has 0 bridgehead atoms. The van der Waals surface area contributed by atoms with Gasteiger partial charge in [0.2, 0.25) is 0 Å². The molecule has 17 heavy (non-hydrogen) atoms. The SMILES string of the molecule is CCSCCS(=O)c1nc2ccc(N)cc2s1. The van der Waals surface area contributed by atoms with E-state index in [2.05, 4.69) is 11.9 Å². The second kappa shape index (κ2) is 5.84. The third kappa shape index (κ3) is 3.20. The molecule has 0 aliphatic carbocycles. The Kier molecular flexibility index (Phi) is 4.42. The zero-order chi connectivity index (χ0) is 12.3. The van der Waals surface area contributed by atoms with Crippen molar-refractivity contribution in [1.82, 2.24) is 4.98 Å². The van der Waals surface area contributed by atoms with Crippen molar-refractivity contribution in [3.63, 3.8) is 0 Å². The van der Waals surface area contributed by atoms with Gasteiger partial charge in [-0.3, -0.25) is 4.21 Å². The molecule has 0 spiro atoms. The van der Waals surface area contributed by atoms with Gasteiger partial charge in [0.05, 0.1) is 21.0 Å². The zero-order valence-electron chi connectivity index (χ0n) is 9.51. The summed E-state index contributed by atoms with van der Waals surface area (Å²) in [6.07, 6.45) is 0. The molecule has 0 saturated heterocycles. The van der Waals surface area contributed by atoms with Crippen LogP contribution in [0.5, 0.6) is 0 Å². The molecule has 0 aliphatic rings. The summed E-state index contributed by atoms with van der Waals surface area (Å²) in [6.45, 7) is 2.11. The third-order valence-corrected chi connectivity index (χ3v) is 6.04. The molecule has 0 aliphatic heterocycles. The summed E-state index contributed by atoms with van der Waals surface area (Å²) in [7, 11) is -0.978. The van der Waals surface area contributed by atoms with Crippen molar-refractivity contribution >= 4 is 49.8 Å². The van der Waals surface area contributed by atoms with Crippen LogP contribution in [0.4, 0.5) is 5.69 Å². The zero-order valence-corrected chi connectivity index (χ0v) is 12.0. The molecule has 0 saturated carbocycles. The number of nitrogen functional groups attached to an aromatic ring is 1. The summed E-state index contributed by atoms with van der Waals surface area (Å²) in [5, 5.41) is 0. The fraction of sp³-hybridized carbons (Fsp3) is 0.364. The van der Waals surface area contributed by atoms with Crippen LogP contribution in [0.1, 0.15) is 6.92 Å². The largest absolute Gasteiger partial charge is 0.399 e. The van der Waals surface area contributed by atoms with Gasteiger partial charge in [0.1, 0.15) is 0 Å². The van der Waals surface area contributed by atoms with E-state index in [0.717, 1.165) is 27.4 Å².